The number of amides is 1. The van der Waals surface area contributed by atoms with Gasteiger partial charge in [0, 0.05) is 16.6 Å². The summed E-state index contributed by atoms with van der Waals surface area (Å²) in [5, 5.41) is 13.5. The molecular weight excluding hydrogens is 344 g/mol. The first-order chi connectivity index (χ1) is 9.15. The highest BCUT2D eigenvalue weighted by atomic mass is 35.5. The van der Waals surface area contributed by atoms with Crippen molar-refractivity contribution < 1.29 is 9.90 Å². The molecule has 1 saturated carbocycles. The number of alkyl halides is 2. The van der Waals surface area contributed by atoms with Gasteiger partial charge in [0.1, 0.15) is 4.33 Å². The number of halogens is 4. The molecule has 0 radical (unpaired) electrons. The Morgan fingerprint density at radius 2 is 1.85 bits per heavy atom. The van der Waals surface area contributed by atoms with Crippen LogP contribution in [0.5, 0.6) is 0 Å². The third-order valence-electron chi connectivity index (χ3n) is 3.48. The first-order valence-electron chi connectivity index (χ1n) is 5.96. The molecule has 1 aromatic rings. The number of aliphatic hydroxyl groups excluding tert-OH is 1. The van der Waals surface area contributed by atoms with Crippen LogP contribution in [0.3, 0.4) is 0 Å². The van der Waals surface area contributed by atoms with Gasteiger partial charge in [0.25, 0.3) is 0 Å². The Morgan fingerprint density at radius 3 is 2.30 bits per heavy atom. The highest BCUT2D eigenvalue weighted by molar-refractivity contribution is 6.53. The van der Waals surface area contributed by atoms with Crippen molar-refractivity contribution in [1.29, 1.82) is 0 Å². The van der Waals surface area contributed by atoms with E-state index in [0.717, 1.165) is 0 Å². The molecule has 2 N–H and O–H groups in total. The SMILES string of the molecule is CC1(C(=O)NCC(O)c2cc(Cl)cc(Cl)c2)CC1(Cl)Cl. The maximum absolute atomic E-state index is 12.0. The van der Waals surface area contributed by atoms with Crippen LogP contribution in [0.15, 0.2) is 18.2 Å². The Kier molecular flexibility index (Phi) is 4.49. The highest BCUT2D eigenvalue weighted by Gasteiger charge is 2.67. The summed E-state index contributed by atoms with van der Waals surface area (Å²) in [6.45, 7) is 1.72. The lowest BCUT2D eigenvalue weighted by molar-refractivity contribution is -0.126. The zero-order valence-corrected chi connectivity index (χ0v) is 13.6. The van der Waals surface area contributed by atoms with Gasteiger partial charge in [-0.25, -0.2) is 0 Å². The van der Waals surface area contributed by atoms with Crippen molar-refractivity contribution in [3.63, 3.8) is 0 Å². The van der Waals surface area contributed by atoms with E-state index in [4.69, 9.17) is 46.4 Å². The monoisotopic (exact) mass is 355 g/mol. The maximum Gasteiger partial charge on any atom is 0.229 e. The van der Waals surface area contributed by atoms with E-state index in [-0.39, 0.29) is 12.5 Å². The van der Waals surface area contributed by atoms with Gasteiger partial charge in [0.15, 0.2) is 0 Å². The number of nitrogens with one attached hydrogen (secondary N) is 1. The van der Waals surface area contributed by atoms with Crippen molar-refractivity contribution in [3.05, 3.63) is 33.8 Å². The van der Waals surface area contributed by atoms with Crippen molar-refractivity contribution >= 4 is 52.3 Å². The van der Waals surface area contributed by atoms with Crippen LogP contribution in [0, 0.1) is 5.41 Å². The molecule has 2 rings (SSSR count). The molecule has 0 aromatic heterocycles. The van der Waals surface area contributed by atoms with E-state index in [9.17, 15) is 9.90 Å². The summed E-state index contributed by atoms with van der Waals surface area (Å²) in [6, 6.07) is 4.76. The quantitative estimate of drug-likeness (QED) is 0.807. The number of hydrogen-bond acceptors (Lipinski definition) is 2. The molecule has 1 aliphatic carbocycles. The summed E-state index contributed by atoms with van der Waals surface area (Å²) in [5.74, 6) is -0.283. The molecule has 2 unspecified atom stereocenters. The van der Waals surface area contributed by atoms with Crippen molar-refractivity contribution in [1.82, 2.24) is 5.32 Å². The first-order valence-corrected chi connectivity index (χ1v) is 7.47. The van der Waals surface area contributed by atoms with E-state index < -0.39 is 15.9 Å². The second-order valence-electron chi connectivity index (χ2n) is 5.14. The van der Waals surface area contributed by atoms with E-state index in [2.05, 4.69) is 5.32 Å². The number of rotatable bonds is 4. The summed E-state index contributed by atoms with van der Waals surface area (Å²) in [6.07, 6.45) is -0.508. The van der Waals surface area contributed by atoms with Gasteiger partial charge < -0.3 is 10.4 Å². The molecule has 0 heterocycles. The van der Waals surface area contributed by atoms with Crippen molar-refractivity contribution in [3.8, 4) is 0 Å². The van der Waals surface area contributed by atoms with E-state index >= 15 is 0 Å². The smallest absolute Gasteiger partial charge is 0.229 e. The van der Waals surface area contributed by atoms with Crippen LogP contribution >= 0.6 is 46.4 Å². The van der Waals surface area contributed by atoms with E-state index in [0.29, 0.717) is 22.0 Å². The molecule has 0 saturated heterocycles. The van der Waals surface area contributed by atoms with Crippen molar-refractivity contribution in [2.75, 3.05) is 6.54 Å². The third kappa shape index (κ3) is 3.18. The molecule has 110 valence electrons. The molecule has 7 heteroatoms. The van der Waals surface area contributed by atoms with Crippen LogP contribution in [0.2, 0.25) is 10.0 Å². The molecule has 2 atom stereocenters. The normalized spacial score (nSPS) is 25.1. The Morgan fingerprint density at radius 1 is 1.35 bits per heavy atom. The van der Waals surface area contributed by atoms with Gasteiger partial charge in [-0.2, -0.15) is 0 Å². The molecule has 3 nitrogen and oxygen atoms in total. The Labute approximate surface area is 137 Å². The van der Waals surface area contributed by atoms with Gasteiger partial charge in [0.05, 0.1) is 11.5 Å². The molecule has 1 amide bonds. The van der Waals surface area contributed by atoms with Gasteiger partial charge in [0.2, 0.25) is 5.91 Å². The van der Waals surface area contributed by atoms with Crippen LogP contribution in [-0.2, 0) is 4.79 Å². The maximum atomic E-state index is 12.0. The zero-order valence-electron chi connectivity index (χ0n) is 10.6. The van der Waals surface area contributed by atoms with Crippen LogP contribution in [0.1, 0.15) is 25.0 Å². The van der Waals surface area contributed by atoms with E-state index in [1.165, 1.54) is 0 Å². The first kappa shape index (κ1) is 16.2. The predicted octanol–water partition coefficient (Wildman–Crippen LogP) is 3.73. The molecule has 1 aromatic carbocycles. The van der Waals surface area contributed by atoms with Gasteiger partial charge in [-0.1, -0.05) is 23.2 Å². The minimum Gasteiger partial charge on any atom is -0.387 e. The molecule has 0 spiro atoms. The third-order valence-corrected chi connectivity index (χ3v) is 5.02. The number of carbonyl (C=O) groups is 1. The largest absolute Gasteiger partial charge is 0.387 e. The minimum atomic E-state index is -1.03. The number of carbonyl (C=O) groups excluding carboxylic acids is 1. The fourth-order valence-electron chi connectivity index (χ4n) is 1.92. The molecule has 1 aliphatic rings. The standard InChI is InChI=1S/C13H13Cl4NO2/c1-12(6-13(12,16)17)11(20)18-5-10(19)7-2-8(14)4-9(15)3-7/h2-4,10,19H,5-6H2,1H3,(H,18,20). The lowest BCUT2D eigenvalue weighted by atomic mass is 10.1. The number of benzene rings is 1. The van der Waals surface area contributed by atoms with Gasteiger partial charge in [-0.15, -0.1) is 23.2 Å². The lowest BCUT2D eigenvalue weighted by Crippen LogP contribution is -2.36. The van der Waals surface area contributed by atoms with E-state index in [1.54, 1.807) is 25.1 Å². The fraction of sp³-hybridized carbons (Fsp3) is 0.462. The van der Waals surface area contributed by atoms with Gasteiger partial charge in [-0.3, -0.25) is 4.79 Å². The van der Waals surface area contributed by atoms with Crippen LogP contribution in [-0.4, -0.2) is 21.9 Å². The lowest BCUT2D eigenvalue weighted by Gasteiger charge is -2.16. The Balaban J connectivity index is 1.96. The topological polar surface area (TPSA) is 49.3 Å². The molecule has 20 heavy (non-hydrogen) atoms. The van der Waals surface area contributed by atoms with Crippen LogP contribution < -0.4 is 5.32 Å². The Hall–Kier alpha value is -0.190. The van der Waals surface area contributed by atoms with E-state index in [1.807, 2.05) is 0 Å². The molecule has 0 aliphatic heterocycles. The summed E-state index contributed by atoms with van der Waals surface area (Å²) < 4.78 is -1.03. The Bertz CT molecular complexity index is 529. The highest BCUT2D eigenvalue weighted by Crippen LogP contribution is 2.63. The number of aliphatic hydroxyl groups is 1. The van der Waals surface area contributed by atoms with Gasteiger partial charge in [-0.05, 0) is 37.1 Å². The molecule has 0 bridgehead atoms. The second-order valence-corrected chi connectivity index (χ2v) is 7.50. The van der Waals surface area contributed by atoms with Crippen LogP contribution in [0.4, 0.5) is 0 Å². The van der Waals surface area contributed by atoms with Gasteiger partial charge >= 0.3 is 0 Å². The molecular formula is C13H13Cl4NO2. The average Bonchev–Trinajstić information content (AvgIpc) is 2.85. The summed E-state index contributed by atoms with van der Waals surface area (Å²) in [4.78, 5) is 12.0. The average molecular weight is 357 g/mol. The minimum absolute atomic E-state index is 0.0367. The van der Waals surface area contributed by atoms with Crippen LogP contribution in [0.25, 0.3) is 0 Å². The van der Waals surface area contributed by atoms with Crippen molar-refractivity contribution in [2.24, 2.45) is 5.41 Å². The summed E-state index contributed by atoms with van der Waals surface area (Å²) in [7, 11) is 0. The zero-order chi connectivity index (χ0) is 15.1. The fourth-order valence-corrected chi connectivity index (χ4v) is 3.17. The molecule has 1 fully saturated rings. The predicted molar refractivity (Wildman–Crippen MR) is 81.6 cm³/mol. The summed E-state index contributed by atoms with van der Waals surface area (Å²) >= 11 is 23.6. The summed E-state index contributed by atoms with van der Waals surface area (Å²) in [5.41, 5.74) is -0.270. The second kappa shape index (κ2) is 5.54. The number of hydrogen-bond donors (Lipinski definition) is 2. The van der Waals surface area contributed by atoms with Crippen molar-refractivity contribution in [2.45, 2.75) is 23.8 Å².